The first kappa shape index (κ1) is 13.5. The number of aliphatic hydroxyl groups is 1. The van der Waals surface area contributed by atoms with Gasteiger partial charge in [0.1, 0.15) is 17.3 Å². The van der Waals surface area contributed by atoms with Crippen molar-refractivity contribution in [2.75, 3.05) is 19.1 Å². The number of rotatable bonds is 1. The van der Waals surface area contributed by atoms with Crippen LogP contribution in [0.1, 0.15) is 15.9 Å². The number of methoxy groups -OCH3 is 1. The summed E-state index contributed by atoms with van der Waals surface area (Å²) in [5, 5.41) is 20.3. The number of carbonyl (C=O) groups excluding carboxylic acids is 1. The molecule has 0 radical (unpaired) electrons. The minimum absolute atomic E-state index is 0.0546. The summed E-state index contributed by atoms with van der Waals surface area (Å²) >= 11 is 0. The van der Waals surface area contributed by atoms with Crippen LogP contribution in [0.2, 0.25) is 0 Å². The number of anilines is 1. The van der Waals surface area contributed by atoms with E-state index in [9.17, 15) is 15.0 Å². The van der Waals surface area contributed by atoms with E-state index < -0.39 is 12.0 Å². The number of ketones is 1. The van der Waals surface area contributed by atoms with Crippen molar-refractivity contribution in [1.82, 2.24) is 0 Å². The molecule has 5 heteroatoms. The fourth-order valence-electron chi connectivity index (χ4n) is 3.24. The Bertz CT molecular complexity index is 690. The van der Waals surface area contributed by atoms with Crippen molar-refractivity contribution in [3.63, 3.8) is 0 Å². The number of ether oxygens (including phenoxy) is 1. The summed E-state index contributed by atoms with van der Waals surface area (Å²) in [6, 6.07) is 1.07. The highest BCUT2D eigenvalue weighted by Crippen LogP contribution is 2.47. The van der Waals surface area contributed by atoms with E-state index in [1.54, 1.807) is 37.1 Å². The Morgan fingerprint density at radius 3 is 2.71 bits per heavy atom. The predicted molar refractivity (Wildman–Crippen MR) is 79.3 cm³/mol. The van der Waals surface area contributed by atoms with Gasteiger partial charge in [0, 0.05) is 7.05 Å². The summed E-state index contributed by atoms with van der Waals surface area (Å²) in [5.41, 5.74) is 1.51. The average molecular weight is 287 g/mol. The number of aromatic hydroxyl groups is 1. The number of nitrogens with zero attached hydrogens (tertiary/aromatic N) is 1. The number of hydrogen-bond donors (Lipinski definition) is 2. The van der Waals surface area contributed by atoms with Gasteiger partial charge in [-0.25, -0.2) is 0 Å². The molecule has 2 unspecified atom stereocenters. The summed E-state index contributed by atoms with van der Waals surface area (Å²) in [4.78, 5) is 14.5. The van der Waals surface area contributed by atoms with Crippen LogP contribution >= 0.6 is 0 Å². The maximum atomic E-state index is 12.7. The van der Waals surface area contributed by atoms with E-state index in [2.05, 4.69) is 0 Å². The topological polar surface area (TPSA) is 70.0 Å². The Balaban J connectivity index is 2.30. The Kier molecular flexibility index (Phi) is 2.93. The van der Waals surface area contributed by atoms with E-state index in [4.69, 9.17) is 4.74 Å². The maximum Gasteiger partial charge on any atom is 0.178 e. The fourth-order valence-corrected chi connectivity index (χ4v) is 3.24. The number of carbonyl (C=O) groups is 1. The minimum Gasteiger partial charge on any atom is -0.510 e. The highest BCUT2D eigenvalue weighted by atomic mass is 16.5. The van der Waals surface area contributed by atoms with Gasteiger partial charge in [-0.15, -0.1) is 0 Å². The smallest absolute Gasteiger partial charge is 0.178 e. The SMILES string of the molecule is COc1c(C)cc(O)c2c1N(C)C1C(O)=CC=CC1C2=O. The Morgan fingerprint density at radius 1 is 1.33 bits per heavy atom. The van der Waals surface area contributed by atoms with E-state index >= 15 is 0 Å². The molecule has 0 saturated heterocycles. The van der Waals surface area contributed by atoms with Crippen LogP contribution in [0, 0.1) is 12.8 Å². The zero-order valence-electron chi connectivity index (χ0n) is 12.1. The number of benzene rings is 1. The van der Waals surface area contributed by atoms with E-state index in [1.807, 2.05) is 0 Å². The van der Waals surface area contributed by atoms with Crippen LogP contribution in [0.3, 0.4) is 0 Å². The number of aliphatic hydroxyl groups excluding tert-OH is 1. The Labute approximate surface area is 122 Å². The lowest BCUT2D eigenvalue weighted by atomic mass is 9.80. The molecular formula is C16H17NO4. The lowest BCUT2D eigenvalue weighted by molar-refractivity contribution is 0.0911. The Morgan fingerprint density at radius 2 is 2.05 bits per heavy atom. The highest BCUT2D eigenvalue weighted by Gasteiger charge is 2.43. The minimum atomic E-state index is -0.509. The van der Waals surface area contributed by atoms with Gasteiger partial charge >= 0.3 is 0 Å². The van der Waals surface area contributed by atoms with Gasteiger partial charge in [-0.3, -0.25) is 4.79 Å². The molecule has 0 bridgehead atoms. The predicted octanol–water partition coefficient (Wildman–Crippen LogP) is 2.34. The number of phenolic OH excluding ortho intramolecular Hbond substituents is 1. The van der Waals surface area contributed by atoms with E-state index in [0.29, 0.717) is 11.4 Å². The van der Waals surface area contributed by atoms with Gasteiger partial charge in [0.2, 0.25) is 0 Å². The van der Waals surface area contributed by atoms with Gasteiger partial charge < -0.3 is 19.8 Å². The number of fused-ring (bicyclic) bond motifs is 2. The molecule has 1 aromatic rings. The molecule has 0 spiro atoms. The molecule has 0 saturated carbocycles. The second-order valence-corrected chi connectivity index (χ2v) is 5.39. The largest absolute Gasteiger partial charge is 0.510 e. The molecule has 2 aliphatic rings. The molecular weight excluding hydrogens is 270 g/mol. The van der Waals surface area contributed by atoms with Crippen LogP contribution in [-0.2, 0) is 0 Å². The summed E-state index contributed by atoms with van der Waals surface area (Å²) < 4.78 is 5.41. The standard InChI is InChI=1S/C16H17NO4/c1-8-7-11(19)12-14(16(8)21-3)17(2)13-9(15(12)20)5-4-6-10(13)18/h4-7,9,13,18-19H,1-3H3. The molecule has 110 valence electrons. The van der Waals surface area contributed by atoms with E-state index in [1.165, 1.54) is 13.2 Å². The third-order valence-electron chi connectivity index (χ3n) is 4.17. The molecule has 1 aromatic carbocycles. The van der Waals surface area contributed by atoms with Gasteiger partial charge in [0.25, 0.3) is 0 Å². The van der Waals surface area contributed by atoms with Gasteiger partial charge in [-0.1, -0.05) is 12.2 Å². The monoisotopic (exact) mass is 287 g/mol. The molecule has 0 fully saturated rings. The summed E-state index contributed by atoms with van der Waals surface area (Å²) in [7, 11) is 3.31. The van der Waals surface area contributed by atoms with Crippen molar-refractivity contribution in [3.8, 4) is 11.5 Å². The van der Waals surface area contributed by atoms with Gasteiger partial charge in [-0.2, -0.15) is 0 Å². The zero-order chi connectivity index (χ0) is 15.3. The second-order valence-electron chi connectivity index (χ2n) is 5.39. The maximum absolute atomic E-state index is 12.7. The number of allylic oxidation sites excluding steroid dienone is 2. The molecule has 2 atom stereocenters. The Hall–Kier alpha value is -2.43. The quantitative estimate of drug-likeness (QED) is 0.829. The van der Waals surface area contributed by atoms with Crippen molar-refractivity contribution < 1.29 is 19.7 Å². The fraction of sp³-hybridized carbons (Fsp3) is 0.312. The second kappa shape index (κ2) is 4.55. The normalized spacial score (nSPS) is 23.5. The van der Waals surface area contributed by atoms with Crippen molar-refractivity contribution in [2.24, 2.45) is 5.92 Å². The summed E-state index contributed by atoms with van der Waals surface area (Å²) in [5.74, 6) is -0.0989. The summed E-state index contributed by atoms with van der Waals surface area (Å²) in [6.07, 6.45) is 4.99. The highest BCUT2D eigenvalue weighted by molar-refractivity contribution is 6.10. The average Bonchev–Trinajstić information content (AvgIpc) is 2.44. The molecule has 2 N–H and O–H groups in total. The molecule has 3 rings (SSSR count). The number of phenols is 1. The molecule has 0 amide bonds. The first-order valence-corrected chi connectivity index (χ1v) is 6.72. The number of likely N-dealkylation sites (N-methyl/N-ethyl adjacent to an activating group) is 1. The van der Waals surface area contributed by atoms with Crippen molar-refractivity contribution in [3.05, 3.63) is 41.2 Å². The van der Waals surface area contributed by atoms with Gasteiger partial charge in [0.15, 0.2) is 5.78 Å². The number of Topliss-reactive ketones (excluding diaryl/α,β-unsaturated/α-hetero) is 1. The first-order chi connectivity index (χ1) is 9.97. The lowest BCUT2D eigenvalue weighted by Crippen LogP contribution is -2.47. The zero-order valence-corrected chi connectivity index (χ0v) is 12.1. The third kappa shape index (κ3) is 1.73. The van der Waals surface area contributed by atoms with Crippen molar-refractivity contribution in [1.29, 1.82) is 0 Å². The van der Waals surface area contributed by atoms with Crippen LogP contribution in [-0.4, -0.2) is 36.2 Å². The van der Waals surface area contributed by atoms with Crippen LogP contribution < -0.4 is 9.64 Å². The number of aryl methyl sites for hydroxylation is 1. The first-order valence-electron chi connectivity index (χ1n) is 6.72. The van der Waals surface area contributed by atoms with Crippen LogP contribution in [0.15, 0.2) is 30.1 Å². The number of hydrogen-bond acceptors (Lipinski definition) is 5. The molecule has 1 aliphatic heterocycles. The molecule has 0 aromatic heterocycles. The molecule has 1 aliphatic carbocycles. The van der Waals surface area contributed by atoms with Gasteiger partial charge in [0.05, 0.1) is 30.3 Å². The third-order valence-corrected chi connectivity index (χ3v) is 4.17. The van der Waals surface area contributed by atoms with Crippen LogP contribution in [0.5, 0.6) is 11.5 Å². The molecule has 21 heavy (non-hydrogen) atoms. The molecule has 5 nitrogen and oxygen atoms in total. The molecule has 1 heterocycles. The van der Waals surface area contributed by atoms with Crippen LogP contribution in [0.4, 0.5) is 5.69 Å². The lowest BCUT2D eigenvalue weighted by Gasteiger charge is -2.41. The van der Waals surface area contributed by atoms with Crippen LogP contribution in [0.25, 0.3) is 0 Å². The van der Waals surface area contributed by atoms with E-state index in [0.717, 1.165) is 5.56 Å². The van der Waals surface area contributed by atoms with Crippen molar-refractivity contribution >= 4 is 11.5 Å². The van der Waals surface area contributed by atoms with Gasteiger partial charge in [-0.05, 0) is 24.6 Å². The van der Waals surface area contributed by atoms with E-state index in [-0.39, 0.29) is 22.9 Å². The summed E-state index contributed by atoms with van der Waals surface area (Å²) in [6.45, 7) is 1.81. The van der Waals surface area contributed by atoms with Crippen molar-refractivity contribution in [2.45, 2.75) is 13.0 Å².